The second kappa shape index (κ2) is 6.50. The van der Waals surface area contributed by atoms with Gasteiger partial charge in [-0.3, -0.25) is 14.3 Å². The summed E-state index contributed by atoms with van der Waals surface area (Å²) in [5.74, 6) is 0.212. The maximum Gasteiger partial charge on any atom is 0.329 e. The molecule has 0 saturated carbocycles. The molecule has 21 heavy (non-hydrogen) atoms. The number of nitrogens with zero attached hydrogens (tertiary/aromatic N) is 1. The van der Waals surface area contributed by atoms with Gasteiger partial charge < -0.3 is 0 Å². The molecule has 1 aromatic heterocycles. The number of aromatic amines is 1. The van der Waals surface area contributed by atoms with Crippen molar-refractivity contribution in [2.75, 3.05) is 0 Å². The predicted molar refractivity (Wildman–Crippen MR) is 86.2 cm³/mol. The molecule has 0 aliphatic heterocycles. The molecule has 1 atom stereocenters. The molecule has 1 N–H and O–H groups in total. The van der Waals surface area contributed by atoms with Gasteiger partial charge in [0.2, 0.25) is 0 Å². The minimum Gasteiger partial charge on any atom is -0.297 e. The summed E-state index contributed by atoms with van der Waals surface area (Å²) in [6.45, 7) is 4.34. The maximum atomic E-state index is 12.6. The second-order valence-corrected chi connectivity index (χ2v) is 5.81. The van der Waals surface area contributed by atoms with E-state index in [-0.39, 0.29) is 16.6 Å². The minimum atomic E-state index is -0.499. The summed E-state index contributed by atoms with van der Waals surface area (Å²) in [6, 6.07) is 6.91. The Hall–Kier alpha value is -1.52. The van der Waals surface area contributed by atoms with Crippen molar-refractivity contribution in [2.45, 2.75) is 26.8 Å². The van der Waals surface area contributed by atoms with Crippen LogP contribution in [0.4, 0.5) is 0 Å². The summed E-state index contributed by atoms with van der Waals surface area (Å²) in [7, 11) is 0. The lowest BCUT2D eigenvalue weighted by atomic mass is 10.1. The first-order valence-electron chi connectivity index (χ1n) is 6.73. The van der Waals surface area contributed by atoms with Crippen molar-refractivity contribution in [3.8, 4) is 11.1 Å². The normalized spacial score (nSPS) is 12.4. The molecule has 0 amide bonds. The molecule has 112 valence electrons. The zero-order valence-corrected chi connectivity index (χ0v) is 13.3. The number of hydrogen-bond acceptors (Lipinski definition) is 2. The zero-order valence-electron chi connectivity index (χ0n) is 11.8. The molecule has 0 aliphatic carbocycles. The summed E-state index contributed by atoms with van der Waals surface area (Å²) in [5, 5.41) is 0.428. The molecule has 1 heterocycles. The van der Waals surface area contributed by atoms with E-state index in [1.165, 1.54) is 4.57 Å². The van der Waals surface area contributed by atoms with Crippen LogP contribution in [-0.4, -0.2) is 9.55 Å². The van der Waals surface area contributed by atoms with Crippen LogP contribution in [0.3, 0.4) is 0 Å². The molecule has 0 radical (unpaired) electrons. The third kappa shape index (κ3) is 3.22. The van der Waals surface area contributed by atoms with E-state index in [1.54, 1.807) is 24.3 Å². The Morgan fingerprint density at radius 2 is 1.90 bits per heavy atom. The highest BCUT2D eigenvalue weighted by molar-refractivity contribution is 6.35. The molecule has 6 heteroatoms. The van der Waals surface area contributed by atoms with Gasteiger partial charge in [-0.15, -0.1) is 0 Å². The highest BCUT2D eigenvalue weighted by atomic mass is 35.5. The van der Waals surface area contributed by atoms with E-state index in [0.717, 1.165) is 6.42 Å². The van der Waals surface area contributed by atoms with E-state index >= 15 is 0 Å². The van der Waals surface area contributed by atoms with E-state index in [2.05, 4.69) is 4.98 Å². The summed E-state index contributed by atoms with van der Waals surface area (Å²) >= 11 is 12.2. The third-order valence-corrected chi connectivity index (χ3v) is 4.09. The van der Waals surface area contributed by atoms with Gasteiger partial charge in [-0.05, 0) is 12.0 Å². The number of aromatic nitrogens is 2. The van der Waals surface area contributed by atoms with Crippen molar-refractivity contribution in [3.05, 3.63) is 55.3 Å². The fourth-order valence-corrected chi connectivity index (χ4v) is 2.54. The third-order valence-electron chi connectivity index (χ3n) is 3.47. The van der Waals surface area contributed by atoms with Crippen molar-refractivity contribution >= 4 is 23.2 Å². The minimum absolute atomic E-state index is 0.0125. The number of hydrogen-bond donors (Lipinski definition) is 1. The highest BCUT2D eigenvalue weighted by Gasteiger charge is 2.17. The Balaban J connectivity index is 2.68. The molecule has 0 bridgehead atoms. The molecule has 4 nitrogen and oxygen atoms in total. The molecule has 0 spiro atoms. The number of rotatable bonds is 4. The summed E-state index contributed by atoms with van der Waals surface area (Å²) in [6.07, 6.45) is 0.871. The van der Waals surface area contributed by atoms with Crippen molar-refractivity contribution in [1.29, 1.82) is 0 Å². The smallest absolute Gasteiger partial charge is 0.297 e. The van der Waals surface area contributed by atoms with E-state index < -0.39 is 11.2 Å². The van der Waals surface area contributed by atoms with Gasteiger partial charge in [0.05, 0.1) is 5.56 Å². The van der Waals surface area contributed by atoms with Crippen LogP contribution >= 0.6 is 23.2 Å². The van der Waals surface area contributed by atoms with Gasteiger partial charge >= 0.3 is 5.69 Å². The lowest BCUT2D eigenvalue weighted by Gasteiger charge is -2.13. The van der Waals surface area contributed by atoms with Crippen molar-refractivity contribution in [3.63, 3.8) is 0 Å². The highest BCUT2D eigenvalue weighted by Crippen LogP contribution is 2.28. The number of H-pyrrole nitrogens is 1. The molecule has 1 unspecified atom stereocenters. The summed E-state index contributed by atoms with van der Waals surface area (Å²) in [4.78, 5) is 27.1. The summed E-state index contributed by atoms with van der Waals surface area (Å²) < 4.78 is 1.18. The van der Waals surface area contributed by atoms with E-state index in [9.17, 15) is 9.59 Å². The predicted octanol–water partition coefficient (Wildman–Crippen LogP) is 3.56. The average Bonchev–Trinajstić information content (AvgIpc) is 2.45. The first kappa shape index (κ1) is 15.9. The van der Waals surface area contributed by atoms with Crippen LogP contribution in [0.2, 0.25) is 10.2 Å². The number of nitrogens with one attached hydrogen (secondary N) is 1. The molecule has 2 rings (SSSR count). The van der Waals surface area contributed by atoms with Gasteiger partial charge in [-0.25, -0.2) is 4.79 Å². The van der Waals surface area contributed by atoms with Crippen LogP contribution in [0.5, 0.6) is 0 Å². The Bertz CT molecular complexity index is 765. The Labute approximate surface area is 132 Å². The maximum absolute atomic E-state index is 12.6. The van der Waals surface area contributed by atoms with Crippen LogP contribution in [0.15, 0.2) is 33.9 Å². The fourth-order valence-electron chi connectivity index (χ4n) is 2.05. The lowest BCUT2D eigenvalue weighted by molar-refractivity contribution is 0.447. The Kier molecular flexibility index (Phi) is 4.91. The van der Waals surface area contributed by atoms with Crippen molar-refractivity contribution < 1.29 is 0 Å². The summed E-state index contributed by atoms with van der Waals surface area (Å²) in [5.41, 5.74) is -0.174. The molecule has 0 saturated heterocycles. The van der Waals surface area contributed by atoms with Crippen molar-refractivity contribution in [2.24, 2.45) is 5.92 Å². The van der Waals surface area contributed by atoms with Crippen LogP contribution in [0, 0.1) is 5.92 Å². The molecule has 0 aliphatic rings. The van der Waals surface area contributed by atoms with Crippen LogP contribution in [-0.2, 0) is 6.54 Å². The zero-order chi connectivity index (χ0) is 15.6. The van der Waals surface area contributed by atoms with Gasteiger partial charge in [-0.1, -0.05) is 61.7 Å². The first-order chi connectivity index (χ1) is 9.95. The first-order valence-corrected chi connectivity index (χ1v) is 7.48. The van der Waals surface area contributed by atoms with Gasteiger partial charge in [0.25, 0.3) is 5.56 Å². The van der Waals surface area contributed by atoms with Crippen LogP contribution in [0.1, 0.15) is 20.3 Å². The number of benzene rings is 1. The van der Waals surface area contributed by atoms with Crippen LogP contribution in [0.25, 0.3) is 11.1 Å². The second-order valence-electron chi connectivity index (χ2n) is 5.03. The van der Waals surface area contributed by atoms with Crippen molar-refractivity contribution in [1.82, 2.24) is 9.55 Å². The largest absolute Gasteiger partial charge is 0.329 e. The van der Waals surface area contributed by atoms with Gasteiger partial charge in [0, 0.05) is 17.1 Å². The van der Waals surface area contributed by atoms with E-state index in [4.69, 9.17) is 23.2 Å². The number of halogens is 2. The van der Waals surface area contributed by atoms with E-state index in [1.807, 2.05) is 13.8 Å². The lowest BCUT2D eigenvalue weighted by Crippen LogP contribution is -2.37. The Morgan fingerprint density at radius 3 is 2.52 bits per heavy atom. The molecular formula is C15H16Cl2N2O2. The standard InChI is InChI=1S/C15H16Cl2N2O2/c1-3-9(2)8-19-14(20)12(13(17)18-15(19)21)10-6-4-5-7-11(10)16/h4-7,9H,3,8H2,1-2H3,(H,18,21). The molecule has 0 fully saturated rings. The van der Waals surface area contributed by atoms with Gasteiger partial charge in [-0.2, -0.15) is 0 Å². The van der Waals surface area contributed by atoms with Gasteiger partial charge in [0.15, 0.2) is 0 Å². The Morgan fingerprint density at radius 1 is 1.24 bits per heavy atom. The quantitative estimate of drug-likeness (QED) is 0.873. The molecule has 1 aromatic carbocycles. The topological polar surface area (TPSA) is 54.9 Å². The average molecular weight is 327 g/mol. The van der Waals surface area contributed by atoms with E-state index in [0.29, 0.717) is 17.1 Å². The fraction of sp³-hybridized carbons (Fsp3) is 0.333. The molecule has 2 aromatic rings. The monoisotopic (exact) mass is 326 g/mol. The van der Waals surface area contributed by atoms with Gasteiger partial charge in [0.1, 0.15) is 5.15 Å². The van der Waals surface area contributed by atoms with Crippen LogP contribution < -0.4 is 11.2 Å². The SMILES string of the molecule is CCC(C)Cn1c(=O)[nH]c(Cl)c(-c2ccccc2Cl)c1=O. The molecular weight excluding hydrogens is 311 g/mol.